The van der Waals surface area contributed by atoms with Crippen LogP contribution in [0.5, 0.6) is 0 Å². The van der Waals surface area contributed by atoms with E-state index in [1.807, 2.05) is 54.9 Å². The van der Waals surface area contributed by atoms with E-state index in [0.717, 1.165) is 27.6 Å². The highest BCUT2D eigenvalue weighted by Crippen LogP contribution is 2.36. The van der Waals surface area contributed by atoms with Crippen LogP contribution in [0.4, 0.5) is 0 Å². The third-order valence-electron chi connectivity index (χ3n) is 6.22. The molecule has 0 bridgehead atoms. The quantitative estimate of drug-likeness (QED) is 0.466. The largest absolute Gasteiger partial charge is 0.349 e. The fraction of sp³-hybridized carbons (Fsp3) is 0.308. The molecule has 1 atom stereocenters. The van der Waals surface area contributed by atoms with Crippen LogP contribution in [0.3, 0.4) is 0 Å². The van der Waals surface area contributed by atoms with Gasteiger partial charge >= 0.3 is 0 Å². The molecule has 1 aliphatic carbocycles. The third kappa shape index (κ3) is 4.26. The Morgan fingerprint density at radius 3 is 2.78 bits per heavy atom. The van der Waals surface area contributed by atoms with E-state index in [0.29, 0.717) is 23.9 Å². The van der Waals surface area contributed by atoms with Crippen LogP contribution in [0.25, 0.3) is 22.0 Å². The van der Waals surface area contributed by atoms with Crippen LogP contribution < -0.4 is 5.32 Å². The number of hydrogen-bond acceptors (Lipinski definition) is 4. The molecule has 162 valence electrons. The van der Waals surface area contributed by atoms with Gasteiger partial charge in [0.25, 0.3) is 5.91 Å². The summed E-state index contributed by atoms with van der Waals surface area (Å²) in [5.41, 5.74) is 3.45. The zero-order valence-corrected chi connectivity index (χ0v) is 18.4. The molecule has 1 fully saturated rings. The zero-order chi connectivity index (χ0) is 22.1. The van der Waals surface area contributed by atoms with Crippen molar-refractivity contribution in [3.05, 3.63) is 78.2 Å². The molecule has 1 aliphatic rings. The van der Waals surface area contributed by atoms with Gasteiger partial charge in [0.1, 0.15) is 5.69 Å². The van der Waals surface area contributed by atoms with E-state index in [2.05, 4.69) is 40.5 Å². The van der Waals surface area contributed by atoms with Gasteiger partial charge in [0.2, 0.25) is 0 Å². The molecular weight excluding hydrogens is 398 g/mol. The summed E-state index contributed by atoms with van der Waals surface area (Å²) < 4.78 is 1.79. The van der Waals surface area contributed by atoms with Crippen LogP contribution in [0.2, 0.25) is 0 Å². The summed E-state index contributed by atoms with van der Waals surface area (Å²) in [6.07, 6.45) is 7.98. The first kappa shape index (κ1) is 20.4. The lowest BCUT2D eigenvalue weighted by atomic mass is 9.98. The topological polar surface area (TPSA) is 72.7 Å². The highest BCUT2D eigenvalue weighted by atomic mass is 16.1. The lowest BCUT2D eigenvalue weighted by Crippen LogP contribution is -2.40. The van der Waals surface area contributed by atoms with E-state index in [1.165, 1.54) is 12.8 Å². The van der Waals surface area contributed by atoms with Gasteiger partial charge in [0, 0.05) is 34.9 Å². The second kappa shape index (κ2) is 8.54. The molecule has 0 radical (unpaired) electrons. The molecule has 6 nitrogen and oxygen atoms in total. The van der Waals surface area contributed by atoms with Gasteiger partial charge < -0.3 is 5.32 Å². The third-order valence-corrected chi connectivity index (χ3v) is 6.22. The van der Waals surface area contributed by atoms with Gasteiger partial charge in [-0.2, -0.15) is 0 Å². The van der Waals surface area contributed by atoms with E-state index in [4.69, 9.17) is 0 Å². The van der Waals surface area contributed by atoms with Crippen molar-refractivity contribution in [1.29, 1.82) is 0 Å². The molecule has 1 N–H and O–H groups in total. The fourth-order valence-corrected chi connectivity index (χ4v) is 4.32. The second-order valence-electron chi connectivity index (χ2n) is 8.98. The molecule has 2 aromatic heterocycles. The second-order valence-corrected chi connectivity index (χ2v) is 8.98. The maximum absolute atomic E-state index is 13.1. The number of aromatic nitrogens is 4. The zero-order valence-electron chi connectivity index (χ0n) is 18.4. The van der Waals surface area contributed by atoms with Gasteiger partial charge in [0.15, 0.2) is 0 Å². The van der Waals surface area contributed by atoms with E-state index in [9.17, 15) is 4.79 Å². The summed E-state index contributed by atoms with van der Waals surface area (Å²) >= 11 is 0. The molecule has 1 amide bonds. The Morgan fingerprint density at radius 1 is 1.12 bits per heavy atom. The predicted molar refractivity (Wildman–Crippen MR) is 125 cm³/mol. The molecule has 2 heterocycles. The number of amides is 1. The fourth-order valence-electron chi connectivity index (χ4n) is 4.32. The van der Waals surface area contributed by atoms with Crippen LogP contribution in [0.1, 0.15) is 42.6 Å². The first-order valence-electron chi connectivity index (χ1n) is 11.2. The van der Waals surface area contributed by atoms with Crippen molar-refractivity contribution >= 4 is 16.7 Å². The lowest BCUT2D eigenvalue weighted by molar-refractivity contribution is 0.0918. The highest BCUT2D eigenvalue weighted by molar-refractivity contribution is 5.96. The summed E-state index contributed by atoms with van der Waals surface area (Å²) in [7, 11) is 0. The number of carbonyl (C=O) groups is 1. The number of nitrogens with zero attached hydrogens (tertiary/aromatic N) is 4. The lowest BCUT2D eigenvalue weighted by Gasteiger charge is -2.22. The minimum Gasteiger partial charge on any atom is -0.349 e. The maximum atomic E-state index is 13.1. The first-order valence-corrected chi connectivity index (χ1v) is 11.2. The normalized spacial score (nSPS) is 14.6. The van der Waals surface area contributed by atoms with Gasteiger partial charge in [-0.3, -0.25) is 9.78 Å². The molecule has 1 saturated carbocycles. The van der Waals surface area contributed by atoms with Crippen LogP contribution in [0.15, 0.2) is 67.1 Å². The predicted octanol–water partition coefficient (Wildman–Crippen LogP) is 4.71. The van der Waals surface area contributed by atoms with Crippen molar-refractivity contribution in [2.75, 3.05) is 0 Å². The molecule has 32 heavy (non-hydrogen) atoms. The number of pyridine rings is 1. The number of fused-ring (bicyclic) bond motifs is 1. The highest BCUT2D eigenvalue weighted by Gasteiger charge is 2.34. The Hall–Kier alpha value is -3.54. The van der Waals surface area contributed by atoms with Crippen molar-refractivity contribution in [2.45, 2.75) is 39.3 Å². The SMILES string of the molecule is CC(C)C(NC(=O)c1ccccc1Cn1cc(-c2ccc3cnccc3c2)nn1)C1CC1. The molecule has 0 spiro atoms. The van der Waals surface area contributed by atoms with Crippen molar-refractivity contribution in [3.63, 3.8) is 0 Å². The standard InChI is InChI=1S/C26H27N5O/c1-17(2)25(18-7-8-18)28-26(32)23-6-4-3-5-22(23)15-31-16-24(29-30-31)20-9-10-21-14-27-12-11-19(21)13-20/h3-6,9-14,16-18,25H,7-8,15H2,1-2H3,(H,28,32). The van der Waals surface area contributed by atoms with Gasteiger partial charge in [-0.05, 0) is 53.8 Å². The molecular formula is C26H27N5O. The number of nitrogens with one attached hydrogen (secondary N) is 1. The average molecular weight is 426 g/mol. The smallest absolute Gasteiger partial charge is 0.251 e. The number of benzene rings is 2. The first-order chi connectivity index (χ1) is 15.6. The number of carbonyl (C=O) groups excluding carboxylic acids is 1. The van der Waals surface area contributed by atoms with Crippen LogP contribution >= 0.6 is 0 Å². The summed E-state index contributed by atoms with van der Waals surface area (Å²) in [6.45, 7) is 4.84. The van der Waals surface area contributed by atoms with E-state index < -0.39 is 0 Å². The monoisotopic (exact) mass is 425 g/mol. The Morgan fingerprint density at radius 2 is 1.97 bits per heavy atom. The minimum atomic E-state index is -0.00493. The van der Waals surface area contributed by atoms with Gasteiger partial charge in [-0.1, -0.05) is 49.4 Å². The minimum absolute atomic E-state index is 0.00493. The number of rotatable bonds is 7. The average Bonchev–Trinajstić information content (AvgIpc) is 3.54. The van der Waals surface area contributed by atoms with Crippen molar-refractivity contribution in [1.82, 2.24) is 25.3 Å². The van der Waals surface area contributed by atoms with Crippen LogP contribution in [0, 0.1) is 11.8 Å². The Kier molecular flexibility index (Phi) is 5.43. The van der Waals surface area contributed by atoms with Crippen LogP contribution in [-0.4, -0.2) is 31.9 Å². The Labute approximate surface area is 187 Å². The van der Waals surface area contributed by atoms with Gasteiger partial charge in [-0.15, -0.1) is 5.10 Å². The summed E-state index contributed by atoms with van der Waals surface area (Å²) in [4.78, 5) is 17.3. The molecule has 0 saturated heterocycles. The summed E-state index contributed by atoms with van der Waals surface area (Å²) in [5, 5.41) is 14.2. The molecule has 6 heteroatoms. The van der Waals surface area contributed by atoms with Gasteiger partial charge in [0.05, 0.1) is 12.7 Å². The van der Waals surface area contributed by atoms with Crippen molar-refractivity contribution in [3.8, 4) is 11.3 Å². The summed E-state index contributed by atoms with van der Waals surface area (Å²) in [5.74, 6) is 1.03. The number of hydrogen-bond donors (Lipinski definition) is 1. The molecule has 4 aromatic rings. The van der Waals surface area contributed by atoms with Gasteiger partial charge in [-0.25, -0.2) is 4.68 Å². The van der Waals surface area contributed by atoms with E-state index in [1.54, 1.807) is 10.9 Å². The molecule has 5 rings (SSSR count). The Bertz CT molecular complexity index is 1260. The molecule has 0 aliphatic heterocycles. The van der Waals surface area contributed by atoms with Crippen molar-refractivity contribution < 1.29 is 4.79 Å². The van der Waals surface area contributed by atoms with Crippen LogP contribution in [-0.2, 0) is 6.54 Å². The Balaban J connectivity index is 1.36. The molecule has 1 unspecified atom stereocenters. The summed E-state index contributed by atoms with van der Waals surface area (Å²) in [6, 6.07) is 16.1. The van der Waals surface area contributed by atoms with Crippen molar-refractivity contribution in [2.24, 2.45) is 11.8 Å². The maximum Gasteiger partial charge on any atom is 0.251 e. The van der Waals surface area contributed by atoms with E-state index in [-0.39, 0.29) is 11.9 Å². The van der Waals surface area contributed by atoms with E-state index >= 15 is 0 Å². The molecule has 2 aromatic carbocycles.